The summed E-state index contributed by atoms with van der Waals surface area (Å²) in [6.45, 7) is 2.25. The molecule has 2 aromatic rings. The highest BCUT2D eigenvalue weighted by molar-refractivity contribution is 7.27. The third kappa shape index (κ3) is 3.25. The molecule has 3 rings (SSSR count). The van der Waals surface area contributed by atoms with Gasteiger partial charge >= 0.3 is 0 Å². The summed E-state index contributed by atoms with van der Waals surface area (Å²) in [4.78, 5) is 2.31. The van der Waals surface area contributed by atoms with Crippen LogP contribution in [-0.4, -0.2) is 0 Å². The SMILES string of the molecule is CC1C=CC(N(c2ccccc2)c2ccc(P)cc2)=CC1. The predicted molar refractivity (Wildman–Crippen MR) is 95.4 cm³/mol. The maximum atomic E-state index is 2.74. The molecule has 0 spiro atoms. The maximum absolute atomic E-state index is 2.74. The van der Waals surface area contributed by atoms with E-state index < -0.39 is 0 Å². The van der Waals surface area contributed by atoms with Gasteiger partial charge in [0.25, 0.3) is 0 Å². The summed E-state index contributed by atoms with van der Waals surface area (Å²) in [5.41, 5.74) is 3.63. The van der Waals surface area contributed by atoms with E-state index in [4.69, 9.17) is 0 Å². The zero-order valence-electron chi connectivity index (χ0n) is 12.2. The molecule has 1 aliphatic carbocycles. The van der Waals surface area contributed by atoms with E-state index >= 15 is 0 Å². The summed E-state index contributed by atoms with van der Waals surface area (Å²) in [6, 6.07) is 19.1. The molecule has 0 saturated carbocycles. The summed E-state index contributed by atoms with van der Waals surface area (Å²) < 4.78 is 0. The third-order valence-electron chi connectivity index (χ3n) is 3.72. The van der Waals surface area contributed by atoms with Crippen LogP contribution >= 0.6 is 9.24 Å². The Bertz CT molecular complexity index is 656. The van der Waals surface area contributed by atoms with Crippen molar-refractivity contribution in [2.24, 2.45) is 5.92 Å². The fraction of sp³-hybridized carbons (Fsp3) is 0.158. The molecule has 0 amide bonds. The molecule has 2 atom stereocenters. The van der Waals surface area contributed by atoms with Gasteiger partial charge in [-0.15, -0.1) is 9.24 Å². The fourth-order valence-electron chi connectivity index (χ4n) is 2.53. The quantitative estimate of drug-likeness (QED) is 0.734. The Morgan fingerprint density at radius 2 is 1.62 bits per heavy atom. The molecular weight excluding hydrogens is 273 g/mol. The van der Waals surface area contributed by atoms with Crippen molar-refractivity contribution in [1.29, 1.82) is 0 Å². The minimum atomic E-state index is 0.626. The first kappa shape index (κ1) is 14.1. The van der Waals surface area contributed by atoms with Crippen molar-refractivity contribution < 1.29 is 0 Å². The van der Waals surface area contributed by atoms with Gasteiger partial charge in [0.05, 0.1) is 0 Å². The second-order valence-electron chi connectivity index (χ2n) is 5.46. The number of hydrogen-bond donors (Lipinski definition) is 0. The van der Waals surface area contributed by atoms with Gasteiger partial charge in [-0.3, -0.25) is 0 Å². The van der Waals surface area contributed by atoms with E-state index in [1.54, 1.807) is 0 Å². The van der Waals surface area contributed by atoms with Crippen LogP contribution in [0, 0.1) is 5.92 Å². The monoisotopic (exact) mass is 293 g/mol. The number of nitrogens with zero attached hydrogens (tertiary/aromatic N) is 1. The van der Waals surface area contributed by atoms with Crippen LogP contribution in [0.5, 0.6) is 0 Å². The molecule has 0 bridgehead atoms. The molecule has 0 N–H and O–H groups in total. The highest BCUT2D eigenvalue weighted by Crippen LogP contribution is 2.32. The highest BCUT2D eigenvalue weighted by Gasteiger charge is 2.15. The molecule has 2 aromatic carbocycles. The average molecular weight is 293 g/mol. The molecular formula is C19H20NP. The van der Waals surface area contributed by atoms with Crippen LogP contribution in [0.25, 0.3) is 0 Å². The second kappa shape index (κ2) is 6.28. The molecule has 0 heterocycles. The maximum Gasteiger partial charge on any atom is 0.0461 e. The van der Waals surface area contributed by atoms with Gasteiger partial charge < -0.3 is 4.90 Å². The fourth-order valence-corrected chi connectivity index (χ4v) is 2.72. The number of benzene rings is 2. The Kier molecular flexibility index (Phi) is 4.22. The molecule has 2 heteroatoms. The number of allylic oxidation sites excluding steroid dienone is 3. The molecule has 21 heavy (non-hydrogen) atoms. The molecule has 0 saturated heterocycles. The van der Waals surface area contributed by atoms with Crippen LogP contribution in [0.15, 0.2) is 78.5 Å². The molecule has 0 aromatic heterocycles. The molecule has 1 nitrogen and oxygen atoms in total. The topological polar surface area (TPSA) is 3.24 Å². The van der Waals surface area contributed by atoms with Gasteiger partial charge in [-0.05, 0) is 48.0 Å². The van der Waals surface area contributed by atoms with Crippen molar-refractivity contribution in [2.45, 2.75) is 13.3 Å². The van der Waals surface area contributed by atoms with Crippen molar-refractivity contribution in [1.82, 2.24) is 0 Å². The zero-order valence-corrected chi connectivity index (χ0v) is 13.4. The van der Waals surface area contributed by atoms with Crippen molar-refractivity contribution in [3.63, 3.8) is 0 Å². The Balaban J connectivity index is 2.03. The van der Waals surface area contributed by atoms with E-state index in [1.807, 2.05) is 0 Å². The Labute approximate surface area is 129 Å². The minimum Gasteiger partial charge on any atom is -0.311 e. The van der Waals surface area contributed by atoms with Crippen LogP contribution in [-0.2, 0) is 0 Å². The van der Waals surface area contributed by atoms with Crippen LogP contribution in [0.4, 0.5) is 11.4 Å². The number of para-hydroxylation sites is 1. The van der Waals surface area contributed by atoms with Crippen LogP contribution in [0.3, 0.4) is 0 Å². The second-order valence-corrected chi connectivity index (χ2v) is 6.13. The largest absolute Gasteiger partial charge is 0.311 e. The smallest absolute Gasteiger partial charge is 0.0461 e. The summed E-state index contributed by atoms with van der Waals surface area (Å²) in [5.74, 6) is 0.626. The van der Waals surface area contributed by atoms with Crippen molar-refractivity contribution >= 4 is 25.9 Å². The van der Waals surface area contributed by atoms with Crippen molar-refractivity contribution in [3.8, 4) is 0 Å². The van der Waals surface area contributed by atoms with E-state index in [1.165, 1.54) is 22.4 Å². The number of rotatable bonds is 3. The molecule has 1 aliphatic rings. The van der Waals surface area contributed by atoms with Crippen LogP contribution in [0.1, 0.15) is 13.3 Å². The van der Waals surface area contributed by atoms with Crippen molar-refractivity contribution in [2.75, 3.05) is 4.90 Å². The van der Waals surface area contributed by atoms with Gasteiger partial charge in [0.15, 0.2) is 0 Å². The third-order valence-corrected chi connectivity index (χ3v) is 4.10. The number of hydrogen-bond acceptors (Lipinski definition) is 1. The van der Waals surface area contributed by atoms with Gasteiger partial charge in [0.1, 0.15) is 0 Å². The number of anilines is 2. The Hall–Kier alpha value is -1.85. The predicted octanol–water partition coefficient (Wildman–Crippen LogP) is 4.81. The molecule has 0 radical (unpaired) electrons. The first-order valence-electron chi connectivity index (χ1n) is 7.33. The Morgan fingerprint density at radius 3 is 2.24 bits per heavy atom. The molecule has 2 unspecified atom stereocenters. The van der Waals surface area contributed by atoms with Gasteiger partial charge in [0, 0.05) is 17.1 Å². The summed E-state index contributed by atoms with van der Waals surface area (Å²) in [5, 5.41) is 1.20. The van der Waals surface area contributed by atoms with Crippen molar-refractivity contribution in [3.05, 3.63) is 78.5 Å². The average Bonchev–Trinajstić information content (AvgIpc) is 2.52. The summed E-state index contributed by atoms with van der Waals surface area (Å²) in [7, 11) is 2.74. The molecule has 106 valence electrons. The lowest BCUT2D eigenvalue weighted by Gasteiger charge is -2.28. The molecule has 0 fully saturated rings. The first-order valence-corrected chi connectivity index (χ1v) is 7.91. The highest BCUT2D eigenvalue weighted by atomic mass is 31.0. The lowest BCUT2D eigenvalue weighted by Crippen LogP contribution is -2.17. The summed E-state index contributed by atoms with van der Waals surface area (Å²) >= 11 is 0. The lowest BCUT2D eigenvalue weighted by molar-refractivity contribution is 0.728. The van der Waals surface area contributed by atoms with Gasteiger partial charge in [-0.1, -0.05) is 49.4 Å². The van der Waals surface area contributed by atoms with Gasteiger partial charge in [0.2, 0.25) is 0 Å². The van der Waals surface area contributed by atoms with E-state index in [-0.39, 0.29) is 0 Å². The van der Waals surface area contributed by atoms with Gasteiger partial charge in [-0.25, -0.2) is 0 Å². The van der Waals surface area contributed by atoms with Crippen LogP contribution in [0.2, 0.25) is 0 Å². The first-order chi connectivity index (χ1) is 10.2. The zero-order chi connectivity index (χ0) is 14.7. The van der Waals surface area contributed by atoms with Crippen LogP contribution < -0.4 is 10.2 Å². The standard InChI is InChI=1S/C19H20NP/c1-15-7-9-17(10-8-15)20(16-5-3-2-4-6-16)18-11-13-19(21)14-12-18/h2-7,9-15H,8,21H2,1H3. The normalized spacial score (nSPS) is 17.4. The van der Waals surface area contributed by atoms with E-state index in [2.05, 4.69) is 93.9 Å². The van der Waals surface area contributed by atoms with E-state index in [0.717, 1.165) is 6.42 Å². The van der Waals surface area contributed by atoms with E-state index in [9.17, 15) is 0 Å². The van der Waals surface area contributed by atoms with E-state index in [0.29, 0.717) is 5.92 Å². The Morgan fingerprint density at radius 1 is 0.952 bits per heavy atom. The lowest BCUT2D eigenvalue weighted by atomic mass is 10.0. The summed E-state index contributed by atoms with van der Waals surface area (Å²) in [6.07, 6.45) is 7.94. The molecule has 0 aliphatic heterocycles. The van der Waals surface area contributed by atoms with Gasteiger partial charge in [-0.2, -0.15) is 0 Å². The minimum absolute atomic E-state index is 0.626.